The molecule has 1 aliphatic carbocycles. The van der Waals surface area contributed by atoms with Crippen LogP contribution in [0.2, 0.25) is 0 Å². The van der Waals surface area contributed by atoms with E-state index in [1.54, 1.807) is 18.2 Å². The van der Waals surface area contributed by atoms with Crippen molar-refractivity contribution < 1.29 is 13.2 Å². The van der Waals surface area contributed by atoms with Crippen molar-refractivity contribution in [2.75, 3.05) is 0 Å². The van der Waals surface area contributed by atoms with Gasteiger partial charge in [0.05, 0.1) is 5.56 Å². The smallest absolute Gasteiger partial charge is 0.166 e. The predicted octanol–water partition coefficient (Wildman–Crippen LogP) is 5.72. The zero-order chi connectivity index (χ0) is 15.0. The van der Waals surface area contributed by atoms with Crippen LogP contribution in [0.5, 0.6) is 0 Å². The van der Waals surface area contributed by atoms with Crippen LogP contribution in [0.15, 0.2) is 48.0 Å². The molecule has 0 nitrogen and oxygen atoms in total. The molecule has 0 heterocycles. The maximum absolute atomic E-state index is 13.2. The maximum atomic E-state index is 13.2. The van der Waals surface area contributed by atoms with E-state index in [4.69, 9.17) is 0 Å². The molecule has 0 N–H and O–H groups in total. The molecule has 108 valence electrons. The summed E-state index contributed by atoms with van der Waals surface area (Å²) in [6, 6.07) is 11.4. The summed E-state index contributed by atoms with van der Waals surface area (Å²) in [6.07, 6.45) is -0.532. The molecule has 2 aromatic carbocycles. The highest BCUT2D eigenvalue weighted by Gasteiger charge is 2.34. The van der Waals surface area contributed by atoms with Gasteiger partial charge in [-0.1, -0.05) is 55.0 Å². The van der Waals surface area contributed by atoms with E-state index in [1.807, 2.05) is 18.2 Å². The molecule has 0 saturated heterocycles. The summed E-state index contributed by atoms with van der Waals surface area (Å²) in [4.78, 5) is 0. The molecule has 0 radical (unpaired) electrons. The summed E-state index contributed by atoms with van der Waals surface area (Å²) in [5.41, 5.74) is 3.67. The van der Waals surface area contributed by atoms with Crippen LogP contribution < -0.4 is 0 Å². The highest BCUT2D eigenvalue weighted by molar-refractivity contribution is 5.82. The fourth-order valence-electron chi connectivity index (χ4n) is 2.86. The van der Waals surface area contributed by atoms with Crippen molar-refractivity contribution in [3.8, 4) is 11.1 Å². The molecule has 2 aromatic rings. The van der Waals surface area contributed by atoms with Gasteiger partial charge in [0.25, 0.3) is 0 Å². The summed E-state index contributed by atoms with van der Waals surface area (Å²) >= 11 is 0. The molecule has 0 aromatic heterocycles. The first-order valence-corrected chi connectivity index (χ1v) is 6.98. The van der Waals surface area contributed by atoms with Crippen LogP contribution in [-0.2, 0) is 12.6 Å². The minimum Gasteiger partial charge on any atom is -0.166 e. The van der Waals surface area contributed by atoms with E-state index in [-0.39, 0.29) is 5.56 Å². The SMILES string of the molecule is CCC1=Cc2c(cccc2-c2ccccc2C(F)(F)F)C1. The van der Waals surface area contributed by atoms with Crippen LogP contribution in [0.3, 0.4) is 0 Å². The van der Waals surface area contributed by atoms with Gasteiger partial charge in [-0.2, -0.15) is 13.2 Å². The molecule has 0 unspecified atom stereocenters. The average molecular weight is 288 g/mol. The average Bonchev–Trinajstić information content (AvgIpc) is 2.89. The second-order valence-corrected chi connectivity index (χ2v) is 5.25. The van der Waals surface area contributed by atoms with E-state index in [1.165, 1.54) is 11.6 Å². The molecule has 0 aliphatic heterocycles. The molecule has 0 saturated carbocycles. The predicted molar refractivity (Wildman–Crippen MR) is 78.9 cm³/mol. The van der Waals surface area contributed by atoms with Crippen molar-refractivity contribution in [2.24, 2.45) is 0 Å². The third-order valence-electron chi connectivity index (χ3n) is 3.94. The molecule has 1 aliphatic rings. The molecular formula is C18H15F3. The molecule has 0 fully saturated rings. The Morgan fingerprint density at radius 1 is 0.952 bits per heavy atom. The summed E-state index contributed by atoms with van der Waals surface area (Å²) < 4.78 is 39.6. The number of halogens is 3. The van der Waals surface area contributed by atoms with Crippen LogP contribution in [0.1, 0.15) is 30.0 Å². The number of hydrogen-bond donors (Lipinski definition) is 0. The van der Waals surface area contributed by atoms with E-state index in [0.717, 1.165) is 30.0 Å². The van der Waals surface area contributed by atoms with Crippen molar-refractivity contribution in [2.45, 2.75) is 25.9 Å². The first-order valence-electron chi connectivity index (χ1n) is 6.98. The van der Waals surface area contributed by atoms with Crippen molar-refractivity contribution in [1.29, 1.82) is 0 Å². The summed E-state index contributed by atoms with van der Waals surface area (Å²) in [6.45, 7) is 2.07. The topological polar surface area (TPSA) is 0 Å². The zero-order valence-electron chi connectivity index (χ0n) is 11.7. The molecule has 3 rings (SSSR count). The van der Waals surface area contributed by atoms with Gasteiger partial charge in [-0.3, -0.25) is 0 Å². The number of fused-ring (bicyclic) bond motifs is 1. The third kappa shape index (κ3) is 2.48. The quantitative estimate of drug-likeness (QED) is 0.662. The molecule has 0 spiro atoms. The molecule has 0 amide bonds. The van der Waals surface area contributed by atoms with Crippen molar-refractivity contribution in [1.82, 2.24) is 0 Å². The lowest BCUT2D eigenvalue weighted by Gasteiger charge is -2.15. The number of rotatable bonds is 2. The number of benzene rings is 2. The summed E-state index contributed by atoms with van der Waals surface area (Å²) in [5.74, 6) is 0. The van der Waals surface area contributed by atoms with Gasteiger partial charge in [0, 0.05) is 0 Å². The van der Waals surface area contributed by atoms with Crippen molar-refractivity contribution in [3.05, 3.63) is 64.7 Å². The van der Waals surface area contributed by atoms with Gasteiger partial charge in [-0.15, -0.1) is 0 Å². The Morgan fingerprint density at radius 3 is 2.38 bits per heavy atom. The first kappa shape index (κ1) is 13.9. The lowest BCUT2D eigenvalue weighted by Crippen LogP contribution is -2.07. The van der Waals surface area contributed by atoms with Crippen LogP contribution in [0.25, 0.3) is 17.2 Å². The molecule has 0 bridgehead atoms. The van der Waals surface area contributed by atoms with Gasteiger partial charge in [-0.05, 0) is 41.2 Å². The minimum atomic E-state index is -4.34. The van der Waals surface area contributed by atoms with Gasteiger partial charge in [0.15, 0.2) is 0 Å². The Bertz CT molecular complexity index is 709. The monoisotopic (exact) mass is 288 g/mol. The van der Waals surface area contributed by atoms with Gasteiger partial charge in [-0.25, -0.2) is 0 Å². The lowest BCUT2D eigenvalue weighted by molar-refractivity contribution is -0.137. The fraction of sp³-hybridized carbons (Fsp3) is 0.222. The highest BCUT2D eigenvalue weighted by atomic mass is 19.4. The standard InChI is InChI=1S/C18H15F3/c1-2-12-10-13-6-5-8-14(16(13)11-12)15-7-3-4-9-17(15)18(19,20)21/h3-9,11H,2,10H2,1H3. The van der Waals surface area contributed by atoms with Gasteiger partial charge in [0.1, 0.15) is 0 Å². The van der Waals surface area contributed by atoms with Crippen LogP contribution in [0.4, 0.5) is 13.2 Å². The Hall–Kier alpha value is -2.03. The van der Waals surface area contributed by atoms with Crippen molar-refractivity contribution in [3.63, 3.8) is 0 Å². The lowest BCUT2D eigenvalue weighted by atomic mass is 9.93. The largest absolute Gasteiger partial charge is 0.417 e. The van der Waals surface area contributed by atoms with Crippen LogP contribution >= 0.6 is 0 Å². The van der Waals surface area contributed by atoms with E-state index in [2.05, 4.69) is 6.92 Å². The molecular weight excluding hydrogens is 273 g/mol. The van der Waals surface area contributed by atoms with Crippen LogP contribution in [-0.4, -0.2) is 0 Å². The minimum absolute atomic E-state index is 0.260. The maximum Gasteiger partial charge on any atom is 0.417 e. The number of allylic oxidation sites excluding steroid dienone is 1. The normalized spacial score (nSPS) is 14.0. The van der Waals surface area contributed by atoms with E-state index >= 15 is 0 Å². The van der Waals surface area contributed by atoms with Crippen LogP contribution in [0, 0.1) is 0 Å². The summed E-state index contributed by atoms with van der Waals surface area (Å²) in [7, 11) is 0. The van der Waals surface area contributed by atoms with Crippen molar-refractivity contribution >= 4 is 6.08 Å². The second-order valence-electron chi connectivity index (χ2n) is 5.25. The number of hydrogen-bond acceptors (Lipinski definition) is 0. The molecule has 0 atom stereocenters. The Labute approximate surface area is 121 Å². The number of alkyl halides is 3. The Kier molecular flexibility index (Phi) is 3.36. The van der Waals surface area contributed by atoms with E-state index < -0.39 is 11.7 Å². The highest BCUT2D eigenvalue weighted by Crippen LogP contribution is 2.41. The third-order valence-corrected chi connectivity index (χ3v) is 3.94. The van der Waals surface area contributed by atoms with Gasteiger partial charge < -0.3 is 0 Å². The fourth-order valence-corrected chi connectivity index (χ4v) is 2.86. The van der Waals surface area contributed by atoms with Gasteiger partial charge >= 0.3 is 6.18 Å². The first-order chi connectivity index (χ1) is 10.0. The molecule has 3 heteroatoms. The second kappa shape index (κ2) is 5.06. The van der Waals surface area contributed by atoms with E-state index in [9.17, 15) is 13.2 Å². The Morgan fingerprint density at radius 2 is 1.67 bits per heavy atom. The van der Waals surface area contributed by atoms with E-state index in [0.29, 0.717) is 5.56 Å². The zero-order valence-corrected chi connectivity index (χ0v) is 11.7. The van der Waals surface area contributed by atoms with Gasteiger partial charge in [0.2, 0.25) is 0 Å². The Balaban J connectivity index is 2.21. The molecule has 21 heavy (non-hydrogen) atoms. The summed E-state index contributed by atoms with van der Waals surface area (Å²) in [5, 5.41) is 0.